The van der Waals surface area contributed by atoms with E-state index in [2.05, 4.69) is 10.0 Å². The van der Waals surface area contributed by atoms with Crippen LogP contribution in [0, 0.1) is 11.6 Å². The highest BCUT2D eigenvalue weighted by molar-refractivity contribution is 7.89. The van der Waals surface area contributed by atoms with E-state index in [0.717, 1.165) is 18.2 Å². The Labute approximate surface area is 160 Å². The van der Waals surface area contributed by atoms with Crippen molar-refractivity contribution in [2.45, 2.75) is 24.8 Å². The Balaban J connectivity index is 2.01. The molecule has 0 aliphatic rings. The summed E-state index contributed by atoms with van der Waals surface area (Å²) in [5, 5.41) is 2.30. The lowest BCUT2D eigenvalue weighted by atomic mass is 10.2. The van der Waals surface area contributed by atoms with Crippen LogP contribution in [0.4, 0.5) is 14.5 Å². The van der Waals surface area contributed by atoms with Crippen LogP contribution >= 0.6 is 0 Å². The van der Waals surface area contributed by atoms with Crippen LogP contribution in [-0.2, 0) is 19.6 Å². The average Bonchev–Trinajstić information content (AvgIpc) is 2.64. The third kappa shape index (κ3) is 5.33. The average molecular weight is 412 g/mol. The number of halogens is 2. The molecule has 0 saturated carbocycles. The molecule has 0 radical (unpaired) electrons. The molecular weight excluding hydrogens is 394 g/mol. The van der Waals surface area contributed by atoms with Crippen LogP contribution in [-0.4, -0.2) is 32.9 Å². The van der Waals surface area contributed by atoms with Crippen LogP contribution in [0.5, 0.6) is 0 Å². The number of carbonyl (C=O) groups excluding carboxylic acids is 2. The molecule has 0 aliphatic heterocycles. The first-order chi connectivity index (χ1) is 13.1. The number of rotatable bonds is 7. The maximum Gasteiger partial charge on any atom is 0.338 e. The molecule has 1 amide bonds. The van der Waals surface area contributed by atoms with Crippen molar-refractivity contribution >= 4 is 27.6 Å². The second-order valence-electron chi connectivity index (χ2n) is 5.69. The Morgan fingerprint density at radius 2 is 1.71 bits per heavy atom. The molecule has 2 aromatic carbocycles. The fraction of sp³-hybridized carbons (Fsp3) is 0.222. The highest BCUT2D eigenvalue weighted by Gasteiger charge is 2.20. The molecule has 1 atom stereocenters. The molecule has 2 rings (SSSR count). The van der Waals surface area contributed by atoms with E-state index in [-0.39, 0.29) is 22.7 Å². The largest absolute Gasteiger partial charge is 0.449 e. The van der Waals surface area contributed by atoms with E-state index >= 15 is 0 Å². The summed E-state index contributed by atoms with van der Waals surface area (Å²) >= 11 is 0. The fourth-order valence-electron chi connectivity index (χ4n) is 2.14. The highest BCUT2D eigenvalue weighted by atomic mass is 32.2. The van der Waals surface area contributed by atoms with Crippen LogP contribution in [0.3, 0.4) is 0 Å². The second-order valence-corrected chi connectivity index (χ2v) is 7.46. The zero-order valence-corrected chi connectivity index (χ0v) is 15.8. The van der Waals surface area contributed by atoms with Crippen molar-refractivity contribution in [1.82, 2.24) is 4.72 Å². The molecule has 7 nitrogen and oxygen atoms in total. The van der Waals surface area contributed by atoms with Crippen LogP contribution in [0.25, 0.3) is 0 Å². The molecule has 0 aliphatic carbocycles. The van der Waals surface area contributed by atoms with Crippen molar-refractivity contribution in [1.29, 1.82) is 0 Å². The van der Waals surface area contributed by atoms with Gasteiger partial charge in [-0.15, -0.1) is 0 Å². The van der Waals surface area contributed by atoms with Gasteiger partial charge in [-0.3, -0.25) is 4.79 Å². The van der Waals surface area contributed by atoms with Crippen LogP contribution in [0.15, 0.2) is 47.4 Å². The lowest BCUT2D eigenvalue weighted by molar-refractivity contribution is -0.123. The van der Waals surface area contributed by atoms with Gasteiger partial charge in [0.2, 0.25) is 10.0 Å². The third-order valence-electron chi connectivity index (χ3n) is 3.57. The summed E-state index contributed by atoms with van der Waals surface area (Å²) < 4.78 is 57.1. The van der Waals surface area contributed by atoms with Gasteiger partial charge in [0.15, 0.2) is 17.7 Å². The number of ether oxygens (including phenoxy) is 1. The topological polar surface area (TPSA) is 102 Å². The number of carbonyl (C=O) groups is 2. The van der Waals surface area contributed by atoms with E-state index in [4.69, 9.17) is 4.74 Å². The summed E-state index contributed by atoms with van der Waals surface area (Å²) in [4.78, 5) is 24.1. The van der Waals surface area contributed by atoms with Gasteiger partial charge in [-0.25, -0.2) is 26.7 Å². The number of hydrogen-bond acceptors (Lipinski definition) is 5. The zero-order chi connectivity index (χ0) is 20.9. The molecular formula is C18H18F2N2O5S. The third-order valence-corrected chi connectivity index (χ3v) is 5.14. The summed E-state index contributed by atoms with van der Waals surface area (Å²) in [5.41, 5.74) is 0.0488. The smallest absolute Gasteiger partial charge is 0.338 e. The SMILES string of the molecule is CCNS(=O)(=O)c1ccc(C(=O)O[C@@H](C)C(=O)Nc2ccc(F)c(F)c2)cc1. The first-order valence-corrected chi connectivity index (χ1v) is 9.69. The van der Waals surface area contributed by atoms with Crippen LogP contribution in [0.1, 0.15) is 24.2 Å². The predicted octanol–water partition coefficient (Wildman–Crippen LogP) is 2.45. The van der Waals surface area contributed by atoms with Gasteiger partial charge in [0.05, 0.1) is 10.5 Å². The van der Waals surface area contributed by atoms with E-state index in [1.165, 1.54) is 31.2 Å². The zero-order valence-electron chi connectivity index (χ0n) is 15.0. The van der Waals surface area contributed by atoms with E-state index in [9.17, 15) is 26.8 Å². The minimum absolute atomic E-state index is 0.00443. The van der Waals surface area contributed by atoms with Gasteiger partial charge in [0, 0.05) is 18.3 Å². The molecule has 0 spiro atoms. The van der Waals surface area contributed by atoms with Crippen LogP contribution < -0.4 is 10.0 Å². The Hall–Kier alpha value is -2.85. The quantitative estimate of drug-likeness (QED) is 0.681. The van der Waals surface area contributed by atoms with Crippen molar-refractivity contribution in [2.24, 2.45) is 0 Å². The van der Waals surface area contributed by atoms with Gasteiger partial charge in [0.25, 0.3) is 5.91 Å². The molecule has 2 N–H and O–H groups in total. The molecule has 0 fully saturated rings. The van der Waals surface area contributed by atoms with E-state index in [0.29, 0.717) is 0 Å². The minimum atomic E-state index is -3.65. The maximum atomic E-state index is 13.2. The number of hydrogen-bond donors (Lipinski definition) is 2. The number of amides is 1. The van der Waals surface area contributed by atoms with Crippen molar-refractivity contribution in [3.8, 4) is 0 Å². The summed E-state index contributed by atoms with van der Waals surface area (Å²) in [6.45, 7) is 3.16. The second kappa shape index (κ2) is 8.89. The van der Waals surface area contributed by atoms with Gasteiger partial charge >= 0.3 is 5.97 Å². The minimum Gasteiger partial charge on any atom is -0.449 e. The maximum absolute atomic E-state index is 13.2. The van der Waals surface area contributed by atoms with Crippen LogP contribution in [0.2, 0.25) is 0 Å². The number of nitrogens with one attached hydrogen (secondary N) is 2. The van der Waals surface area contributed by atoms with Gasteiger partial charge < -0.3 is 10.1 Å². The summed E-state index contributed by atoms with van der Waals surface area (Å²) in [5.74, 6) is -3.78. The van der Waals surface area contributed by atoms with Crippen molar-refractivity contribution < 1.29 is 31.5 Å². The lowest BCUT2D eigenvalue weighted by Gasteiger charge is -2.14. The Kier molecular flexibility index (Phi) is 6.81. The Morgan fingerprint density at radius 3 is 2.29 bits per heavy atom. The molecule has 2 aromatic rings. The predicted molar refractivity (Wildman–Crippen MR) is 97.2 cm³/mol. The highest BCUT2D eigenvalue weighted by Crippen LogP contribution is 2.15. The van der Waals surface area contributed by atoms with Crippen molar-refractivity contribution in [3.63, 3.8) is 0 Å². The summed E-state index contributed by atoms with van der Waals surface area (Å²) in [6.07, 6.45) is -1.23. The van der Waals surface area contributed by atoms with E-state index in [1.54, 1.807) is 6.92 Å². The fourth-order valence-corrected chi connectivity index (χ4v) is 3.18. The lowest BCUT2D eigenvalue weighted by Crippen LogP contribution is -2.30. The number of anilines is 1. The summed E-state index contributed by atoms with van der Waals surface area (Å²) in [6, 6.07) is 7.80. The number of esters is 1. The van der Waals surface area contributed by atoms with E-state index < -0.39 is 39.6 Å². The van der Waals surface area contributed by atoms with Crippen molar-refractivity contribution in [2.75, 3.05) is 11.9 Å². The molecule has 0 aromatic heterocycles. The molecule has 0 unspecified atom stereocenters. The summed E-state index contributed by atoms with van der Waals surface area (Å²) in [7, 11) is -3.65. The molecule has 0 heterocycles. The molecule has 150 valence electrons. The first kappa shape index (κ1) is 21.5. The van der Waals surface area contributed by atoms with E-state index in [1.807, 2.05) is 0 Å². The first-order valence-electron chi connectivity index (χ1n) is 8.20. The van der Waals surface area contributed by atoms with Gasteiger partial charge in [-0.05, 0) is 43.3 Å². The Morgan fingerprint density at radius 1 is 1.07 bits per heavy atom. The number of sulfonamides is 1. The van der Waals surface area contributed by atoms with Gasteiger partial charge in [0.1, 0.15) is 0 Å². The molecule has 0 saturated heterocycles. The molecule has 28 heavy (non-hydrogen) atoms. The van der Waals surface area contributed by atoms with Gasteiger partial charge in [-0.2, -0.15) is 0 Å². The molecule has 10 heteroatoms. The van der Waals surface area contributed by atoms with Gasteiger partial charge in [-0.1, -0.05) is 6.92 Å². The molecule has 0 bridgehead atoms. The monoisotopic (exact) mass is 412 g/mol. The van der Waals surface area contributed by atoms with Crippen molar-refractivity contribution in [3.05, 3.63) is 59.7 Å². The normalized spacial score (nSPS) is 12.3. The standard InChI is InChI=1S/C18H18F2N2O5S/c1-3-21-28(25,26)14-7-4-12(5-8-14)18(24)27-11(2)17(23)22-13-6-9-15(19)16(20)10-13/h4-11,21H,3H2,1-2H3,(H,22,23)/t11-/m0/s1. The number of benzene rings is 2. The Bertz CT molecular complexity index is 978.